The molecule has 0 aromatic rings. The third-order valence-corrected chi connectivity index (χ3v) is 1.71. The standard InChI is InChI=1S/C6H17NSi/c1-2-3-4-5-7-6-8/h7H,2-6H2,1,8H3. The molecular formula is C6H17NSi. The van der Waals surface area contributed by atoms with Crippen molar-refractivity contribution in [3.8, 4) is 0 Å². The van der Waals surface area contributed by atoms with Crippen molar-refractivity contribution in [3.05, 3.63) is 0 Å². The summed E-state index contributed by atoms with van der Waals surface area (Å²) >= 11 is 0. The van der Waals surface area contributed by atoms with E-state index in [1.165, 1.54) is 42.2 Å². The summed E-state index contributed by atoms with van der Waals surface area (Å²) < 4.78 is 0. The first kappa shape index (κ1) is 8.18. The largest absolute Gasteiger partial charge is 0.320 e. The lowest BCUT2D eigenvalue weighted by atomic mass is 10.2. The fourth-order valence-corrected chi connectivity index (χ4v) is 1.03. The Kier molecular flexibility index (Phi) is 7.34. The average molecular weight is 131 g/mol. The van der Waals surface area contributed by atoms with Crippen LogP contribution in [0.5, 0.6) is 0 Å². The minimum absolute atomic E-state index is 1.23. The highest BCUT2D eigenvalue weighted by molar-refractivity contribution is 6.08. The Labute approximate surface area is 55.3 Å². The Morgan fingerprint density at radius 3 is 2.62 bits per heavy atom. The van der Waals surface area contributed by atoms with Crippen LogP contribution in [-0.2, 0) is 0 Å². The summed E-state index contributed by atoms with van der Waals surface area (Å²) in [5.74, 6) is 0. The van der Waals surface area contributed by atoms with Gasteiger partial charge in [0.15, 0.2) is 0 Å². The predicted octanol–water partition coefficient (Wildman–Crippen LogP) is 0.0891. The molecule has 1 N–H and O–H groups in total. The molecule has 0 unspecified atom stereocenters. The molecule has 50 valence electrons. The van der Waals surface area contributed by atoms with Crippen molar-refractivity contribution in [2.45, 2.75) is 26.2 Å². The molecule has 0 radical (unpaired) electrons. The van der Waals surface area contributed by atoms with Crippen molar-refractivity contribution >= 4 is 10.2 Å². The van der Waals surface area contributed by atoms with Gasteiger partial charge >= 0.3 is 0 Å². The Balaban J connectivity index is 2.53. The zero-order chi connectivity index (χ0) is 6.24. The van der Waals surface area contributed by atoms with Gasteiger partial charge in [0.2, 0.25) is 0 Å². The number of rotatable bonds is 5. The van der Waals surface area contributed by atoms with E-state index in [1.54, 1.807) is 0 Å². The van der Waals surface area contributed by atoms with Crippen molar-refractivity contribution in [1.82, 2.24) is 5.32 Å². The molecule has 0 saturated heterocycles. The predicted molar refractivity (Wildman–Crippen MR) is 42.3 cm³/mol. The van der Waals surface area contributed by atoms with E-state index >= 15 is 0 Å². The summed E-state index contributed by atoms with van der Waals surface area (Å²) in [6.07, 6.45) is 5.33. The van der Waals surface area contributed by atoms with E-state index in [1.807, 2.05) is 0 Å². The topological polar surface area (TPSA) is 12.0 Å². The summed E-state index contributed by atoms with van der Waals surface area (Å²) in [6, 6.07) is 0. The van der Waals surface area contributed by atoms with Crippen LogP contribution in [-0.4, -0.2) is 23.0 Å². The number of unbranched alkanes of at least 4 members (excludes halogenated alkanes) is 2. The average Bonchev–Trinajstić information content (AvgIpc) is 1.81. The molecule has 0 bridgehead atoms. The second kappa shape index (κ2) is 7.18. The molecule has 0 aromatic heterocycles. The van der Waals surface area contributed by atoms with Gasteiger partial charge in [0, 0.05) is 10.2 Å². The van der Waals surface area contributed by atoms with Crippen LogP contribution in [0.1, 0.15) is 26.2 Å². The molecule has 0 fully saturated rings. The first-order valence-electron chi connectivity index (χ1n) is 3.62. The lowest BCUT2D eigenvalue weighted by Crippen LogP contribution is -2.16. The minimum atomic E-state index is 1.23. The molecule has 2 heteroatoms. The first-order valence-corrected chi connectivity index (χ1v) is 5.04. The maximum Gasteiger partial charge on any atom is 0.0201 e. The van der Waals surface area contributed by atoms with E-state index in [0.717, 1.165) is 0 Å². The van der Waals surface area contributed by atoms with Gasteiger partial charge in [-0.15, -0.1) is 0 Å². The lowest BCUT2D eigenvalue weighted by molar-refractivity contribution is 0.657. The number of hydrogen-bond acceptors (Lipinski definition) is 1. The molecule has 0 saturated carbocycles. The van der Waals surface area contributed by atoms with E-state index in [0.29, 0.717) is 0 Å². The van der Waals surface area contributed by atoms with Crippen LogP contribution >= 0.6 is 0 Å². The van der Waals surface area contributed by atoms with Gasteiger partial charge in [-0.05, 0) is 19.1 Å². The second-order valence-electron chi connectivity index (χ2n) is 2.06. The Bertz CT molecular complexity index is 33.5. The first-order chi connectivity index (χ1) is 3.91. The van der Waals surface area contributed by atoms with Gasteiger partial charge in [-0.3, -0.25) is 0 Å². The molecule has 0 heterocycles. The van der Waals surface area contributed by atoms with Gasteiger partial charge in [0.05, 0.1) is 0 Å². The van der Waals surface area contributed by atoms with Crippen LogP contribution < -0.4 is 5.32 Å². The third-order valence-electron chi connectivity index (χ3n) is 1.21. The highest BCUT2D eigenvalue weighted by Crippen LogP contribution is 1.89. The van der Waals surface area contributed by atoms with Crippen molar-refractivity contribution in [2.75, 3.05) is 12.7 Å². The zero-order valence-corrected chi connectivity index (χ0v) is 8.04. The summed E-state index contributed by atoms with van der Waals surface area (Å²) in [5, 5.41) is 3.34. The van der Waals surface area contributed by atoms with Gasteiger partial charge in [-0.2, -0.15) is 0 Å². The maximum absolute atomic E-state index is 3.34. The van der Waals surface area contributed by atoms with Crippen LogP contribution in [0.2, 0.25) is 0 Å². The maximum atomic E-state index is 3.34. The van der Waals surface area contributed by atoms with Gasteiger partial charge in [0.1, 0.15) is 0 Å². The summed E-state index contributed by atoms with van der Waals surface area (Å²) in [7, 11) is 1.30. The quantitative estimate of drug-likeness (QED) is 0.412. The van der Waals surface area contributed by atoms with E-state index in [4.69, 9.17) is 0 Å². The van der Waals surface area contributed by atoms with Crippen LogP contribution in [0.3, 0.4) is 0 Å². The normalized spacial score (nSPS) is 10.1. The number of nitrogens with one attached hydrogen (secondary N) is 1. The van der Waals surface area contributed by atoms with E-state index in [2.05, 4.69) is 12.2 Å². The summed E-state index contributed by atoms with van der Waals surface area (Å²) in [4.78, 5) is 0. The Morgan fingerprint density at radius 2 is 2.12 bits per heavy atom. The Morgan fingerprint density at radius 1 is 1.38 bits per heavy atom. The third kappa shape index (κ3) is 6.18. The van der Waals surface area contributed by atoms with Gasteiger partial charge in [-0.1, -0.05) is 19.8 Å². The molecule has 0 aliphatic carbocycles. The Hall–Kier alpha value is 0.177. The summed E-state index contributed by atoms with van der Waals surface area (Å²) in [6.45, 7) is 3.47. The molecule has 1 nitrogen and oxygen atoms in total. The van der Waals surface area contributed by atoms with Crippen molar-refractivity contribution in [2.24, 2.45) is 0 Å². The van der Waals surface area contributed by atoms with Gasteiger partial charge in [0.25, 0.3) is 0 Å². The van der Waals surface area contributed by atoms with Crippen molar-refractivity contribution in [1.29, 1.82) is 0 Å². The highest BCUT2D eigenvalue weighted by Gasteiger charge is 1.81. The van der Waals surface area contributed by atoms with Crippen molar-refractivity contribution in [3.63, 3.8) is 0 Å². The van der Waals surface area contributed by atoms with Crippen LogP contribution in [0.25, 0.3) is 0 Å². The molecular weight excluding hydrogens is 114 g/mol. The molecule has 0 spiro atoms. The van der Waals surface area contributed by atoms with Crippen LogP contribution in [0, 0.1) is 0 Å². The van der Waals surface area contributed by atoms with Crippen LogP contribution in [0.15, 0.2) is 0 Å². The molecule has 0 aliphatic rings. The SMILES string of the molecule is CCCCCNC[SiH3]. The molecule has 0 aromatic carbocycles. The van der Waals surface area contributed by atoms with E-state index < -0.39 is 0 Å². The molecule has 0 rings (SSSR count). The fraction of sp³-hybridized carbons (Fsp3) is 1.00. The van der Waals surface area contributed by atoms with Crippen LogP contribution in [0.4, 0.5) is 0 Å². The second-order valence-corrected chi connectivity index (χ2v) is 2.77. The molecule has 0 amide bonds. The smallest absolute Gasteiger partial charge is 0.0201 e. The van der Waals surface area contributed by atoms with E-state index in [-0.39, 0.29) is 0 Å². The molecule has 0 atom stereocenters. The van der Waals surface area contributed by atoms with E-state index in [9.17, 15) is 0 Å². The van der Waals surface area contributed by atoms with Crippen molar-refractivity contribution < 1.29 is 0 Å². The molecule has 8 heavy (non-hydrogen) atoms. The highest BCUT2D eigenvalue weighted by atomic mass is 28.1. The monoisotopic (exact) mass is 131 g/mol. The van der Waals surface area contributed by atoms with Gasteiger partial charge in [-0.25, -0.2) is 0 Å². The minimum Gasteiger partial charge on any atom is -0.320 e. The summed E-state index contributed by atoms with van der Waals surface area (Å²) in [5.41, 5.74) is 0. The number of hydrogen-bond donors (Lipinski definition) is 1. The molecule has 0 aliphatic heterocycles. The fourth-order valence-electron chi connectivity index (χ4n) is 0.677. The zero-order valence-electron chi connectivity index (χ0n) is 6.04. The lowest BCUT2D eigenvalue weighted by Gasteiger charge is -1.97. The van der Waals surface area contributed by atoms with Gasteiger partial charge < -0.3 is 5.32 Å².